The lowest BCUT2D eigenvalue weighted by molar-refractivity contribution is 0.357. The molecule has 3 heteroatoms. The number of aromatic nitrogens is 1. The van der Waals surface area contributed by atoms with Crippen LogP contribution in [0.15, 0.2) is 42.5 Å². The van der Waals surface area contributed by atoms with Crippen LogP contribution in [-0.2, 0) is 18.6 Å². The number of nitrogens with zero attached hydrogens (tertiary/aromatic N) is 1. The predicted octanol–water partition coefficient (Wildman–Crippen LogP) is 7.07. The van der Waals surface area contributed by atoms with E-state index in [0.29, 0.717) is 0 Å². The van der Waals surface area contributed by atoms with Gasteiger partial charge in [-0.2, -0.15) is 11.8 Å². The molecule has 0 spiro atoms. The second-order valence-electron chi connectivity index (χ2n) is 8.50. The third kappa shape index (κ3) is 7.32. The molecule has 0 radical (unpaired) electrons. The molecule has 0 aliphatic heterocycles. The Bertz CT molecular complexity index is 679. The summed E-state index contributed by atoms with van der Waals surface area (Å²) in [5.41, 5.74) is 3.89. The summed E-state index contributed by atoms with van der Waals surface area (Å²) in [4.78, 5) is 4.91. The number of pyridine rings is 1. The van der Waals surface area contributed by atoms with E-state index in [9.17, 15) is 0 Å². The lowest BCUT2D eigenvalue weighted by Gasteiger charge is -2.24. The van der Waals surface area contributed by atoms with Gasteiger partial charge in [-0.05, 0) is 65.7 Å². The van der Waals surface area contributed by atoms with Gasteiger partial charge >= 0.3 is 0 Å². The fourth-order valence-corrected chi connectivity index (χ4v) is 4.33. The van der Waals surface area contributed by atoms with E-state index < -0.39 is 0 Å². The Morgan fingerprint density at radius 3 is 2.27 bits per heavy atom. The second-order valence-corrected chi connectivity index (χ2v) is 9.97. The fraction of sp³-hybridized carbons (Fsp3) is 0.522. The Morgan fingerprint density at radius 1 is 0.962 bits per heavy atom. The van der Waals surface area contributed by atoms with Gasteiger partial charge in [-0.1, -0.05) is 64.4 Å². The maximum atomic E-state index is 6.00. The molecular weight excluding hydrogens is 358 g/mol. The van der Waals surface area contributed by atoms with Gasteiger partial charge < -0.3 is 0 Å². The molecule has 0 N–H and O–H groups in total. The molecule has 0 fully saturated rings. The molecular formula is C23H32ClNS. The van der Waals surface area contributed by atoms with Crippen molar-refractivity contribution in [3.05, 3.63) is 64.4 Å². The van der Waals surface area contributed by atoms with Crippen LogP contribution >= 0.6 is 23.4 Å². The van der Waals surface area contributed by atoms with Gasteiger partial charge in [0.1, 0.15) is 0 Å². The molecule has 0 saturated heterocycles. The molecule has 1 heterocycles. The summed E-state index contributed by atoms with van der Waals surface area (Å²) in [5, 5.41) is 0.796. The van der Waals surface area contributed by atoms with Crippen LogP contribution in [0, 0.1) is 17.3 Å². The Balaban J connectivity index is 1.92. The smallest absolute Gasteiger partial charge is 0.0505 e. The molecule has 2 rings (SSSR count). The van der Waals surface area contributed by atoms with Crippen molar-refractivity contribution in [2.75, 3.05) is 5.75 Å². The highest BCUT2D eigenvalue weighted by molar-refractivity contribution is 7.98. The predicted molar refractivity (Wildman–Crippen MR) is 117 cm³/mol. The molecule has 1 unspecified atom stereocenters. The van der Waals surface area contributed by atoms with Crippen LogP contribution in [0.5, 0.6) is 0 Å². The first-order chi connectivity index (χ1) is 12.2. The molecule has 142 valence electrons. The number of rotatable bonds is 9. The van der Waals surface area contributed by atoms with Crippen molar-refractivity contribution in [1.82, 2.24) is 4.98 Å². The van der Waals surface area contributed by atoms with Gasteiger partial charge in [0.15, 0.2) is 0 Å². The molecule has 26 heavy (non-hydrogen) atoms. The number of benzene rings is 1. The second kappa shape index (κ2) is 9.80. The van der Waals surface area contributed by atoms with Crippen molar-refractivity contribution in [2.45, 2.75) is 53.2 Å². The molecule has 0 amide bonds. The SMILES string of the molecule is CC(C)C(C)CSCc1cccc(CC(C)(C)Cc2ccc(Cl)cc2)n1. The maximum Gasteiger partial charge on any atom is 0.0505 e. The zero-order valence-corrected chi connectivity index (χ0v) is 18.3. The molecule has 1 nitrogen and oxygen atoms in total. The van der Waals surface area contributed by atoms with Crippen molar-refractivity contribution in [2.24, 2.45) is 17.3 Å². The first-order valence-electron chi connectivity index (χ1n) is 9.52. The van der Waals surface area contributed by atoms with Gasteiger partial charge in [-0.25, -0.2) is 0 Å². The topological polar surface area (TPSA) is 12.9 Å². The van der Waals surface area contributed by atoms with Crippen LogP contribution in [0.25, 0.3) is 0 Å². The van der Waals surface area contributed by atoms with Gasteiger partial charge in [0.25, 0.3) is 0 Å². The van der Waals surface area contributed by atoms with Crippen LogP contribution < -0.4 is 0 Å². The number of hydrogen-bond donors (Lipinski definition) is 0. The first kappa shape index (κ1) is 21.3. The summed E-state index contributed by atoms with van der Waals surface area (Å²) in [6, 6.07) is 14.7. The van der Waals surface area contributed by atoms with Gasteiger partial charge in [0.2, 0.25) is 0 Å². The number of halogens is 1. The van der Waals surface area contributed by atoms with Crippen molar-refractivity contribution < 1.29 is 0 Å². The normalized spacial score (nSPS) is 13.2. The summed E-state index contributed by atoms with van der Waals surface area (Å²) in [5.74, 6) is 3.70. The molecule has 1 aromatic carbocycles. The summed E-state index contributed by atoms with van der Waals surface area (Å²) in [6.45, 7) is 11.6. The van der Waals surface area contributed by atoms with Crippen molar-refractivity contribution in [1.29, 1.82) is 0 Å². The van der Waals surface area contributed by atoms with Gasteiger partial charge in [0, 0.05) is 16.5 Å². The van der Waals surface area contributed by atoms with E-state index in [1.165, 1.54) is 22.7 Å². The largest absolute Gasteiger partial charge is 0.257 e. The fourth-order valence-electron chi connectivity index (χ4n) is 2.96. The number of thioether (sulfide) groups is 1. The minimum absolute atomic E-state index is 0.165. The van der Waals surface area contributed by atoms with Crippen LogP contribution in [0.1, 0.15) is 51.6 Å². The monoisotopic (exact) mass is 389 g/mol. The van der Waals surface area contributed by atoms with Crippen LogP contribution in [-0.4, -0.2) is 10.7 Å². The molecule has 2 aromatic rings. The standard InChI is InChI=1S/C23H32ClNS/c1-17(2)18(3)15-26-16-22-8-6-7-21(25-22)14-23(4,5)13-19-9-11-20(24)12-10-19/h6-12,17-18H,13-16H2,1-5H3. The summed E-state index contributed by atoms with van der Waals surface area (Å²) >= 11 is 7.99. The van der Waals surface area contributed by atoms with E-state index >= 15 is 0 Å². The average Bonchev–Trinajstić information content (AvgIpc) is 2.56. The van der Waals surface area contributed by atoms with E-state index in [4.69, 9.17) is 16.6 Å². The van der Waals surface area contributed by atoms with Gasteiger partial charge in [0.05, 0.1) is 5.69 Å². The maximum absolute atomic E-state index is 6.00. The Hall–Kier alpha value is -0.990. The van der Waals surface area contributed by atoms with Crippen LogP contribution in [0.3, 0.4) is 0 Å². The Kier molecular flexibility index (Phi) is 8.04. The number of hydrogen-bond acceptors (Lipinski definition) is 2. The first-order valence-corrected chi connectivity index (χ1v) is 11.1. The Morgan fingerprint density at radius 2 is 1.62 bits per heavy atom. The third-order valence-electron chi connectivity index (χ3n) is 4.89. The highest BCUT2D eigenvalue weighted by Gasteiger charge is 2.20. The van der Waals surface area contributed by atoms with E-state index in [0.717, 1.165) is 35.5 Å². The summed E-state index contributed by atoms with van der Waals surface area (Å²) in [6.07, 6.45) is 2.01. The lowest BCUT2D eigenvalue weighted by Crippen LogP contribution is -2.19. The molecule has 0 saturated carbocycles. The molecule has 0 bridgehead atoms. The molecule has 1 atom stereocenters. The molecule has 0 aliphatic rings. The van der Waals surface area contributed by atoms with E-state index in [1.807, 2.05) is 23.9 Å². The third-order valence-corrected chi connectivity index (χ3v) is 6.40. The van der Waals surface area contributed by atoms with E-state index in [1.54, 1.807) is 0 Å². The lowest BCUT2D eigenvalue weighted by atomic mass is 9.81. The molecule has 0 aliphatic carbocycles. The highest BCUT2D eigenvalue weighted by atomic mass is 35.5. The minimum atomic E-state index is 0.165. The van der Waals surface area contributed by atoms with Crippen molar-refractivity contribution in [3.63, 3.8) is 0 Å². The minimum Gasteiger partial charge on any atom is -0.257 e. The quantitative estimate of drug-likeness (QED) is 0.454. The van der Waals surface area contributed by atoms with E-state index in [2.05, 4.69) is 65.0 Å². The van der Waals surface area contributed by atoms with Crippen molar-refractivity contribution >= 4 is 23.4 Å². The van der Waals surface area contributed by atoms with E-state index in [-0.39, 0.29) is 5.41 Å². The summed E-state index contributed by atoms with van der Waals surface area (Å²) < 4.78 is 0. The van der Waals surface area contributed by atoms with Crippen LogP contribution in [0.4, 0.5) is 0 Å². The van der Waals surface area contributed by atoms with Crippen molar-refractivity contribution in [3.8, 4) is 0 Å². The van der Waals surface area contributed by atoms with Crippen LogP contribution in [0.2, 0.25) is 5.02 Å². The zero-order chi connectivity index (χ0) is 19.2. The van der Waals surface area contributed by atoms with Gasteiger partial charge in [-0.15, -0.1) is 0 Å². The van der Waals surface area contributed by atoms with Gasteiger partial charge in [-0.3, -0.25) is 4.98 Å². The summed E-state index contributed by atoms with van der Waals surface area (Å²) in [7, 11) is 0. The average molecular weight is 390 g/mol. The Labute approximate surface area is 169 Å². The zero-order valence-electron chi connectivity index (χ0n) is 16.8. The highest BCUT2D eigenvalue weighted by Crippen LogP contribution is 2.27. The molecule has 1 aromatic heterocycles.